The van der Waals surface area contributed by atoms with Gasteiger partial charge in [0.25, 0.3) is 0 Å². The molecule has 1 fully saturated rings. The first-order valence-electron chi connectivity index (χ1n) is 1.78. The summed E-state index contributed by atoms with van der Waals surface area (Å²) >= 11 is 0. The van der Waals surface area contributed by atoms with Crippen molar-refractivity contribution in [3.63, 3.8) is 0 Å². The van der Waals surface area contributed by atoms with Gasteiger partial charge in [-0.15, -0.1) is 0 Å². The average molecular weight is 102 g/mol. The van der Waals surface area contributed by atoms with E-state index >= 15 is 0 Å². The second kappa shape index (κ2) is 1.45. The maximum Gasteiger partial charge on any atom is 0.249 e. The van der Waals surface area contributed by atoms with E-state index in [2.05, 4.69) is 5.43 Å². The van der Waals surface area contributed by atoms with E-state index in [0.717, 1.165) is 0 Å². The van der Waals surface area contributed by atoms with E-state index < -0.39 is 0 Å². The number of amides is 1. The number of hydroxylamine groups is 1. The molecule has 5 nitrogen and oxygen atoms in total. The minimum absolute atomic E-state index is 0.111. The molecule has 0 bridgehead atoms. The number of rotatable bonds is 0. The first-order valence-corrected chi connectivity index (χ1v) is 1.78. The van der Waals surface area contributed by atoms with Gasteiger partial charge in [-0.1, -0.05) is 0 Å². The Hall–Kier alpha value is -0.650. The number of carbonyl (C=O) groups is 1. The maximum absolute atomic E-state index is 10.0. The predicted molar refractivity (Wildman–Crippen MR) is 21.4 cm³/mol. The lowest BCUT2D eigenvalue weighted by Crippen LogP contribution is -2.31. The summed E-state index contributed by atoms with van der Waals surface area (Å²) < 4.78 is 0. The minimum Gasteiger partial charge on any atom is -0.770 e. The second-order valence-electron chi connectivity index (χ2n) is 1.20. The summed E-state index contributed by atoms with van der Waals surface area (Å²) in [5.74, 6) is -0.296. The van der Waals surface area contributed by atoms with E-state index in [9.17, 15) is 10.0 Å². The van der Waals surface area contributed by atoms with Crippen LogP contribution in [0.3, 0.4) is 0 Å². The van der Waals surface area contributed by atoms with Crippen LogP contribution < -0.4 is 11.0 Å². The summed E-state index contributed by atoms with van der Waals surface area (Å²) in [6, 6.07) is 0. The van der Waals surface area contributed by atoms with Crippen LogP contribution in [0.4, 0.5) is 0 Å². The fourth-order valence-electron chi connectivity index (χ4n) is 0.334. The number of carbonyl (C=O) groups excluding carboxylic acids is 1. The monoisotopic (exact) mass is 102 g/mol. The zero-order valence-corrected chi connectivity index (χ0v) is 3.47. The molecule has 0 spiro atoms. The summed E-state index contributed by atoms with van der Waals surface area (Å²) in [4.78, 5) is 10.0. The standard InChI is InChI=1S/C2H4N3O2/c6-2-1-5(7)4-3-2/h4H,1H2,(H,3,6)/q-1. The van der Waals surface area contributed by atoms with E-state index in [4.69, 9.17) is 0 Å². The molecule has 0 atom stereocenters. The van der Waals surface area contributed by atoms with Gasteiger partial charge < -0.3 is 5.21 Å². The van der Waals surface area contributed by atoms with E-state index in [1.54, 1.807) is 0 Å². The number of nitrogens with one attached hydrogen (secondary N) is 2. The van der Waals surface area contributed by atoms with E-state index in [0.29, 0.717) is 5.17 Å². The van der Waals surface area contributed by atoms with Gasteiger partial charge >= 0.3 is 0 Å². The Bertz CT molecular complexity index is 92.9. The molecule has 0 aromatic heterocycles. The number of hydrogen-bond acceptors (Lipinski definition) is 4. The largest absolute Gasteiger partial charge is 0.770 e. The molecule has 0 aromatic carbocycles. The van der Waals surface area contributed by atoms with Crippen LogP contribution in [0.15, 0.2) is 0 Å². The molecular weight excluding hydrogens is 98.0 g/mol. The highest BCUT2D eigenvalue weighted by atomic mass is 16.6. The van der Waals surface area contributed by atoms with Gasteiger partial charge in [0.15, 0.2) is 0 Å². The molecule has 0 radical (unpaired) electrons. The van der Waals surface area contributed by atoms with Crippen LogP contribution in [0.2, 0.25) is 0 Å². The zero-order valence-electron chi connectivity index (χ0n) is 3.47. The second-order valence-corrected chi connectivity index (χ2v) is 1.20. The Morgan fingerprint density at radius 3 is 2.71 bits per heavy atom. The summed E-state index contributed by atoms with van der Waals surface area (Å²) in [6.45, 7) is -0.111. The van der Waals surface area contributed by atoms with Crippen molar-refractivity contribution in [2.75, 3.05) is 6.54 Å². The molecule has 1 amide bonds. The molecule has 0 saturated carbocycles. The van der Waals surface area contributed by atoms with Crippen LogP contribution in [-0.4, -0.2) is 17.6 Å². The summed E-state index contributed by atoms with van der Waals surface area (Å²) in [7, 11) is 0. The van der Waals surface area contributed by atoms with Crippen molar-refractivity contribution in [2.24, 2.45) is 0 Å². The van der Waals surface area contributed by atoms with Crippen LogP contribution in [0.25, 0.3) is 0 Å². The van der Waals surface area contributed by atoms with Crippen molar-refractivity contribution in [1.29, 1.82) is 0 Å². The van der Waals surface area contributed by atoms with Crippen molar-refractivity contribution < 1.29 is 4.79 Å². The summed E-state index contributed by atoms with van der Waals surface area (Å²) in [5.41, 5.74) is 4.14. The molecule has 0 aliphatic carbocycles. The SMILES string of the molecule is O=C1CN([O-])NN1. The Balaban J connectivity index is 2.40. The Kier molecular flexibility index (Phi) is 0.935. The van der Waals surface area contributed by atoms with Gasteiger partial charge in [-0.2, -0.15) is 5.53 Å². The third-order valence-corrected chi connectivity index (χ3v) is 0.607. The van der Waals surface area contributed by atoms with Gasteiger partial charge in [-0.25, -0.2) is 0 Å². The highest BCUT2D eigenvalue weighted by Gasteiger charge is 2.07. The third kappa shape index (κ3) is 0.861. The van der Waals surface area contributed by atoms with Crippen LogP contribution >= 0.6 is 0 Å². The van der Waals surface area contributed by atoms with Gasteiger partial charge in [-0.05, 0) is 0 Å². The average Bonchev–Trinajstić information content (AvgIpc) is 1.87. The van der Waals surface area contributed by atoms with Gasteiger partial charge in [0.1, 0.15) is 0 Å². The van der Waals surface area contributed by atoms with Crippen LogP contribution in [-0.2, 0) is 4.79 Å². The Morgan fingerprint density at radius 2 is 2.57 bits per heavy atom. The van der Waals surface area contributed by atoms with Gasteiger partial charge in [0.2, 0.25) is 5.91 Å². The van der Waals surface area contributed by atoms with Crippen LogP contribution in [0, 0.1) is 5.21 Å². The van der Waals surface area contributed by atoms with Gasteiger partial charge in [0, 0.05) is 0 Å². The van der Waals surface area contributed by atoms with Gasteiger partial charge in [-0.3, -0.25) is 15.4 Å². The predicted octanol–water partition coefficient (Wildman–Crippen LogP) is -1.66. The van der Waals surface area contributed by atoms with Crippen molar-refractivity contribution in [1.82, 2.24) is 16.1 Å². The van der Waals surface area contributed by atoms with Crippen molar-refractivity contribution in [3.8, 4) is 0 Å². The molecule has 1 aliphatic heterocycles. The molecule has 0 unspecified atom stereocenters. The molecule has 1 rings (SSSR count). The lowest BCUT2D eigenvalue weighted by molar-refractivity contribution is -0.118. The highest BCUT2D eigenvalue weighted by Crippen LogP contribution is 1.80. The van der Waals surface area contributed by atoms with E-state index in [1.807, 2.05) is 5.53 Å². The molecule has 0 aromatic rings. The van der Waals surface area contributed by atoms with Crippen molar-refractivity contribution in [2.45, 2.75) is 0 Å². The molecule has 1 heterocycles. The Labute approximate surface area is 39.8 Å². The highest BCUT2D eigenvalue weighted by molar-refractivity contribution is 5.78. The maximum atomic E-state index is 10.0. The van der Waals surface area contributed by atoms with Gasteiger partial charge in [0.05, 0.1) is 6.54 Å². The zero-order chi connectivity index (χ0) is 5.28. The quantitative estimate of drug-likeness (QED) is 0.384. The molecule has 7 heavy (non-hydrogen) atoms. The smallest absolute Gasteiger partial charge is 0.249 e. The fourth-order valence-corrected chi connectivity index (χ4v) is 0.334. The normalized spacial score (nSPS) is 22.7. The fraction of sp³-hybridized carbons (Fsp3) is 0.500. The number of hydrazine groups is 2. The molecule has 5 heteroatoms. The van der Waals surface area contributed by atoms with Crippen LogP contribution in [0.5, 0.6) is 0 Å². The molecule has 40 valence electrons. The topological polar surface area (TPSA) is 67.4 Å². The number of nitrogens with zero attached hydrogens (tertiary/aromatic N) is 1. The molecule has 2 N–H and O–H groups in total. The molecule has 1 aliphatic rings. The molecule has 1 saturated heterocycles. The van der Waals surface area contributed by atoms with E-state index in [1.165, 1.54) is 0 Å². The molecular formula is C2H4N3O2-. The van der Waals surface area contributed by atoms with E-state index in [-0.39, 0.29) is 12.5 Å². The summed E-state index contributed by atoms with van der Waals surface area (Å²) in [6.07, 6.45) is 0. The summed E-state index contributed by atoms with van der Waals surface area (Å²) in [5, 5.41) is 10.4. The lowest BCUT2D eigenvalue weighted by Gasteiger charge is -2.16. The third-order valence-electron chi connectivity index (χ3n) is 0.607. The van der Waals surface area contributed by atoms with Crippen molar-refractivity contribution in [3.05, 3.63) is 5.21 Å². The van der Waals surface area contributed by atoms with Crippen molar-refractivity contribution >= 4 is 5.91 Å². The first-order chi connectivity index (χ1) is 3.29. The number of hydrogen-bond donors (Lipinski definition) is 2. The lowest BCUT2D eigenvalue weighted by atomic mass is 10.7. The minimum atomic E-state index is -0.296. The first kappa shape index (κ1) is 4.51. The van der Waals surface area contributed by atoms with Crippen LogP contribution in [0.1, 0.15) is 0 Å². The Morgan fingerprint density at radius 1 is 1.86 bits per heavy atom.